The molecule has 0 aliphatic heterocycles. The van der Waals surface area contributed by atoms with E-state index >= 15 is 0 Å². The number of nitrogens with zero attached hydrogens (tertiary/aromatic N) is 1. The summed E-state index contributed by atoms with van der Waals surface area (Å²) in [5.74, 6) is 1.44. The zero-order chi connectivity index (χ0) is 13.5. The highest BCUT2D eigenvalue weighted by Gasteiger charge is 2.24. The minimum atomic E-state index is 0.629. The third-order valence-electron chi connectivity index (χ3n) is 3.11. The van der Waals surface area contributed by atoms with Crippen LogP contribution < -0.4 is 0 Å². The van der Waals surface area contributed by atoms with E-state index in [1.54, 1.807) is 0 Å². The molecule has 1 fully saturated rings. The van der Waals surface area contributed by atoms with E-state index in [9.17, 15) is 0 Å². The van der Waals surface area contributed by atoms with Gasteiger partial charge >= 0.3 is 0 Å². The van der Waals surface area contributed by atoms with Crippen LogP contribution in [0.1, 0.15) is 53.9 Å². The lowest BCUT2D eigenvalue weighted by Crippen LogP contribution is -1.91. The van der Waals surface area contributed by atoms with Gasteiger partial charge in [-0.2, -0.15) is 0 Å². The van der Waals surface area contributed by atoms with E-state index in [1.807, 2.05) is 6.92 Å². The topological polar surface area (TPSA) is 12.4 Å². The average Bonchev–Trinajstić information content (AvgIpc) is 3.15. The Bertz CT molecular complexity index is 376. The first-order chi connectivity index (χ1) is 8.56. The van der Waals surface area contributed by atoms with Crippen molar-refractivity contribution in [3.63, 3.8) is 0 Å². The van der Waals surface area contributed by atoms with Gasteiger partial charge in [-0.1, -0.05) is 39.0 Å². The molecule has 0 atom stereocenters. The summed E-state index contributed by atoms with van der Waals surface area (Å²) in [4.78, 5) is 4.61. The molecule has 0 aromatic heterocycles. The van der Waals surface area contributed by atoms with Crippen LogP contribution in [0, 0.1) is 11.8 Å². The molecule has 1 saturated carbocycles. The van der Waals surface area contributed by atoms with Crippen LogP contribution >= 0.6 is 0 Å². The maximum Gasteiger partial charge on any atom is 0.0375 e. The predicted molar refractivity (Wildman–Crippen MR) is 81.9 cm³/mol. The molecule has 0 saturated heterocycles. The molecule has 1 aliphatic rings. The molecule has 0 aromatic rings. The second-order valence-electron chi connectivity index (χ2n) is 5.41. The average molecular weight is 245 g/mol. The lowest BCUT2D eigenvalue weighted by atomic mass is 10.0. The van der Waals surface area contributed by atoms with Crippen molar-refractivity contribution in [2.75, 3.05) is 0 Å². The van der Waals surface area contributed by atoms with Crippen LogP contribution in [0.3, 0.4) is 0 Å². The van der Waals surface area contributed by atoms with Gasteiger partial charge in [0.15, 0.2) is 0 Å². The highest BCUT2D eigenvalue weighted by molar-refractivity contribution is 5.93. The molecule has 1 heteroatoms. The van der Waals surface area contributed by atoms with Crippen molar-refractivity contribution in [2.24, 2.45) is 16.8 Å². The van der Waals surface area contributed by atoms with Gasteiger partial charge in [-0.25, -0.2) is 0 Å². The Labute approximate surface area is 112 Å². The number of allylic oxidation sites excluding steroid dienone is 6. The summed E-state index contributed by atoms with van der Waals surface area (Å²) < 4.78 is 0. The third kappa shape index (κ3) is 5.48. The van der Waals surface area contributed by atoms with Crippen molar-refractivity contribution in [1.82, 2.24) is 0 Å². The molecule has 1 nitrogen and oxygen atoms in total. The van der Waals surface area contributed by atoms with Crippen LogP contribution in [0.5, 0.6) is 0 Å². The third-order valence-corrected chi connectivity index (χ3v) is 3.11. The van der Waals surface area contributed by atoms with Crippen LogP contribution in [-0.4, -0.2) is 5.71 Å². The largest absolute Gasteiger partial charge is 0.259 e. The van der Waals surface area contributed by atoms with E-state index in [2.05, 4.69) is 57.0 Å². The van der Waals surface area contributed by atoms with E-state index in [0.29, 0.717) is 5.92 Å². The molecule has 0 N–H and O–H groups in total. The molecule has 100 valence electrons. The molecular formula is C17H27N. The van der Waals surface area contributed by atoms with Crippen molar-refractivity contribution >= 4 is 5.71 Å². The summed E-state index contributed by atoms with van der Waals surface area (Å²) >= 11 is 0. The minimum absolute atomic E-state index is 0.629. The highest BCUT2D eigenvalue weighted by Crippen LogP contribution is 2.37. The summed E-state index contributed by atoms with van der Waals surface area (Å²) in [6.07, 6.45) is 12.6. The lowest BCUT2D eigenvalue weighted by Gasteiger charge is -2.03. The SMILES string of the molecule is C\C=C(CC)/N=C(C)/C=C\C(=C/C(C)C)C1CC1. The Balaban J connectivity index is 2.71. The van der Waals surface area contributed by atoms with Crippen molar-refractivity contribution < 1.29 is 0 Å². The summed E-state index contributed by atoms with van der Waals surface area (Å²) in [5.41, 5.74) is 3.76. The van der Waals surface area contributed by atoms with E-state index in [1.165, 1.54) is 18.4 Å². The number of hydrogen-bond acceptors (Lipinski definition) is 1. The first-order valence-electron chi connectivity index (χ1n) is 7.17. The lowest BCUT2D eigenvalue weighted by molar-refractivity contribution is 0.812. The molecule has 0 heterocycles. The zero-order valence-electron chi connectivity index (χ0n) is 12.5. The Kier molecular flexibility index (Phi) is 6.11. The predicted octanol–water partition coefficient (Wildman–Crippen LogP) is 5.31. The van der Waals surface area contributed by atoms with Crippen LogP contribution in [0.4, 0.5) is 0 Å². The fourth-order valence-corrected chi connectivity index (χ4v) is 1.96. The Morgan fingerprint density at radius 2 is 1.94 bits per heavy atom. The monoisotopic (exact) mass is 245 g/mol. The molecule has 0 spiro atoms. The molecule has 1 rings (SSSR count). The number of rotatable bonds is 6. The van der Waals surface area contributed by atoms with Gasteiger partial charge in [0.2, 0.25) is 0 Å². The van der Waals surface area contributed by atoms with Crippen molar-refractivity contribution in [2.45, 2.75) is 53.9 Å². The smallest absolute Gasteiger partial charge is 0.0375 e. The maximum absolute atomic E-state index is 4.61. The van der Waals surface area contributed by atoms with E-state index in [0.717, 1.165) is 23.7 Å². The van der Waals surface area contributed by atoms with Gasteiger partial charge < -0.3 is 0 Å². The number of hydrogen-bond donors (Lipinski definition) is 0. The second-order valence-corrected chi connectivity index (χ2v) is 5.41. The molecule has 1 aliphatic carbocycles. The standard InChI is InChI=1S/C17H27N/c1-6-17(7-2)18-14(5)8-9-16(12-13(3)4)15-10-11-15/h6,8-9,12-13,15H,7,10-11H2,1-5H3/b9-8-,16-12+,17-6-,18-14+. The summed E-state index contributed by atoms with van der Waals surface area (Å²) in [7, 11) is 0. The fraction of sp³-hybridized carbons (Fsp3) is 0.588. The molecular weight excluding hydrogens is 218 g/mol. The van der Waals surface area contributed by atoms with Gasteiger partial charge in [0.1, 0.15) is 0 Å². The molecule has 0 bridgehead atoms. The van der Waals surface area contributed by atoms with Crippen LogP contribution in [-0.2, 0) is 0 Å². The Morgan fingerprint density at radius 1 is 1.28 bits per heavy atom. The van der Waals surface area contributed by atoms with E-state index in [-0.39, 0.29) is 0 Å². The van der Waals surface area contributed by atoms with Crippen LogP contribution in [0.15, 0.2) is 40.6 Å². The summed E-state index contributed by atoms with van der Waals surface area (Å²) in [5, 5.41) is 0. The maximum atomic E-state index is 4.61. The molecule has 0 aromatic carbocycles. The van der Waals surface area contributed by atoms with Gasteiger partial charge in [-0.3, -0.25) is 4.99 Å². The molecule has 0 unspecified atom stereocenters. The van der Waals surface area contributed by atoms with Gasteiger partial charge in [-0.15, -0.1) is 0 Å². The van der Waals surface area contributed by atoms with E-state index in [4.69, 9.17) is 0 Å². The normalized spacial score (nSPS) is 19.1. The number of aliphatic imine (C=N–C) groups is 1. The minimum Gasteiger partial charge on any atom is -0.259 e. The van der Waals surface area contributed by atoms with E-state index < -0.39 is 0 Å². The Morgan fingerprint density at radius 3 is 2.39 bits per heavy atom. The zero-order valence-corrected chi connectivity index (χ0v) is 12.5. The Hall–Kier alpha value is -1.11. The molecule has 0 radical (unpaired) electrons. The van der Waals surface area contributed by atoms with Crippen molar-refractivity contribution in [3.8, 4) is 0 Å². The first kappa shape index (κ1) is 14.9. The van der Waals surface area contributed by atoms with Gasteiger partial charge in [0.25, 0.3) is 0 Å². The quantitative estimate of drug-likeness (QED) is 0.444. The highest BCUT2D eigenvalue weighted by atomic mass is 14.7. The second kappa shape index (κ2) is 7.35. The van der Waals surface area contributed by atoms with Gasteiger partial charge in [-0.05, 0) is 56.6 Å². The summed E-state index contributed by atoms with van der Waals surface area (Å²) in [6, 6.07) is 0. The fourth-order valence-electron chi connectivity index (χ4n) is 1.96. The van der Waals surface area contributed by atoms with Gasteiger partial charge in [0, 0.05) is 11.4 Å². The summed E-state index contributed by atoms with van der Waals surface area (Å²) in [6.45, 7) is 10.8. The molecule has 18 heavy (non-hydrogen) atoms. The molecule has 0 amide bonds. The van der Waals surface area contributed by atoms with Crippen LogP contribution in [0.25, 0.3) is 0 Å². The van der Waals surface area contributed by atoms with Crippen molar-refractivity contribution in [3.05, 3.63) is 35.6 Å². The first-order valence-corrected chi connectivity index (χ1v) is 7.17. The van der Waals surface area contributed by atoms with Gasteiger partial charge in [0.05, 0.1) is 0 Å². The van der Waals surface area contributed by atoms with Crippen molar-refractivity contribution in [1.29, 1.82) is 0 Å². The van der Waals surface area contributed by atoms with Crippen LogP contribution in [0.2, 0.25) is 0 Å².